The molecule has 0 fully saturated rings. The quantitative estimate of drug-likeness (QED) is 0.0719. The lowest BCUT2D eigenvalue weighted by Gasteiger charge is -2.17. The molecule has 50 heavy (non-hydrogen) atoms. The minimum Gasteiger partial charge on any atom is -0.618 e. The minimum absolute atomic E-state index is 0.00316. The summed E-state index contributed by atoms with van der Waals surface area (Å²) in [6.07, 6.45) is 2.65. The van der Waals surface area contributed by atoms with Crippen molar-refractivity contribution in [2.75, 3.05) is 30.3 Å². The molecule has 0 aromatic carbocycles. The van der Waals surface area contributed by atoms with Gasteiger partial charge in [-0.25, -0.2) is 18.7 Å². The average molecular weight is 751 g/mol. The van der Waals surface area contributed by atoms with E-state index in [9.17, 15) is 46.3 Å². The Kier molecular flexibility index (Phi) is 13.4. The van der Waals surface area contributed by atoms with Crippen LogP contribution in [0.1, 0.15) is 29.4 Å². The van der Waals surface area contributed by atoms with Gasteiger partial charge in [-0.3, -0.25) is 9.59 Å². The van der Waals surface area contributed by atoms with Gasteiger partial charge in [0.2, 0.25) is 0 Å². The van der Waals surface area contributed by atoms with Gasteiger partial charge in [0.15, 0.2) is 35.7 Å². The smallest absolute Gasteiger partial charge is 0.347 e. The molecule has 20 heteroatoms. The maximum atomic E-state index is 14.5. The standard InChI is InChI=1S/C16H15ClF3N3O3.C14H11ClF3N3O3/c1-2-26-13(24)7-10-11(17)8-21-15(14(10)18)22-9-16(19,20)12-5-3-4-6-23(12)25;15-9-6-19-13(12(16)8(9)5-11(22)23)20-7-14(17,18)10-3-1-2-4-21(10)24/h3-6,8H,2,7,9H2,1H3,(H,21,22);1-4,6H,5,7H2,(H,19,20)(H,22,23). The van der Waals surface area contributed by atoms with E-state index in [0.717, 1.165) is 36.9 Å². The lowest BCUT2D eigenvalue weighted by Crippen LogP contribution is -2.41. The number of nitrogens with one attached hydrogen (secondary N) is 2. The number of carboxylic acids is 1. The van der Waals surface area contributed by atoms with Gasteiger partial charge >= 0.3 is 23.8 Å². The van der Waals surface area contributed by atoms with E-state index >= 15 is 0 Å². The zero-order valence-corrected chi connectivity index (χ0v) is 27.1. The summed E-state index contributed by atoms with van der Waals surface area (Å²) in [5.41, 5.74) is -2.21. The van der Waals surface area contributed by atoms with Crippen LogP contribution < -0.4 is 20.1 Å². The molecule has 4 aromatic rings. The summed E-state index contributed by atoms with van der Waals surface area (Å²) in [5.74, 6) is -12.5. The second-order valence-electron chi connectivity index (χ2n) is 9.99. The number of esters is 1. The van der Waals surface area contributed by atoms with Gasteiger partial charge in [-0.15, -0.1) is 0 Å². The molecule has 0 spiro atoms. The van der Waals surface area contributed by atoms with E-state index in [4.69, 9.17) is 33.0 Å². The summed E-state index contributed by atoms with van der Waals surface area (Å²) in [5, 5.41) is 35.5. The van der Waals surface area contributed by atoms with Crippen LogP contribution in [-0.2, 0) is 39.0 Å². The molecular formula is C30H26Cl2F6N6O6. The van der Waals surface area contributed by atoms with Crippen molar-refractivity contribution in [1.29, 1.82) is 0 Å². The highest BCUT2D eigenvalue weighted by molar-refractivity contribution is 6.31. The molecule has 0 unspecified atom stereocenters. The fourth-order valence-corrected chi connectivity index (χ4v) is 4.48. The number of carbonyl (C=O) groups is 2. The molecule has 0 amide bonds. The second kappa shape index (κ2) is 17.0. The maximum absolute atomic E-state index is 14.5. The van der Waals surface area contributed by atoms with Gasteiger partial charge in [0.05, 0.1) is 42.6 Å². The molecule has 4 aromatic heterocycles. The zero-order chi connectivity index (χ0) is 37.2. The molecule has 0 saturated heterocycles. The first-order chi connectivity index (χ1) is 23.5. The number of carboxylic acid groups (broad SMARTS) is 1. The average Bonchev–Trinajstić information content (AvgIpc) is 3.05. The van der Waals surface area contributed by atoms with Crippen LogP contribution in [-0.4, -0.2) is 46.7 Å². The minimum atomic E-state index is -3.61. The maximum Gasteiger partial charge on any atom is 0.347 e. The lowest BCUT2D eigenvalue weighted by molar-refractivity contribution is -0.624. The molecular weight excluding hydrogens is 725 g/mol. The summed E-state index contributed by atoms with van der Waals surface area (Å²) in [6, 6.07) is 7.06. The fourth-order valence-electron chi connectivity index (χ4n) is 4.08. The Labute approximate surface area is 289 Å². The van der Waals surface area contributed by atoms with E-state index < -0.39 is 84.4 Å². The molecule has 0 aliphatic rings. The molecule has 12 nitrogen and oxygen atoms in total. The highest BCUT2D eigenvalue weighted by Gasteiger charge is 2.40. The zero-order valence-electron chi connectivity index (χ0n) is 25.6. The molecule has 0 aliphatic heterocycles. The van der Waals surface area contributed by atoms with Crippen molar-refractivity contribution >= 4 is 46.8 Å². The molecule has 0 saturated carbocycles. The number of rotatable bonds is 13. The third-order valence-electron chi connectivity index (χ3n) is 6.44. The van der Waals surface area contributed by atoms with E-state index in [1.54, 1.807) is 6.92 Å². The van der Waals surface area contributed by atoms with Crippen molar-refractivity contribution in [2.45, 2.75) is 31.6 Å². The van der Waals surface area contributed by atoms with Crippen LogP contribution in [0.2, 0.25) is 10.0 Å². The topological polar surface area (TPSA) is 167 Å². The molecule has 3 N–H and O–H groups in total. The Bertz CT molecular complexity index is 1840. The van der Waals surface area contributed by atoms with E-state index in [1.807, 2.05) is 0 Å². The first kappa shape index (κ1) is 39.3. The van der Waals surface area contributed by atoms with Crippen LogP contribution in [0.25, 0.3) is 0 Å². The second-order valence-corrected chi connectivity index (χ2v) is 10.8. The predicted octanol–water partition coefficient (Wildman–Crippen LogP) is 5.16. The highest BCUT2D eigenvalue weighted by atomic mass is 35.5. The van der Waals surface area contributed by atoms with Crippen LogP contribution in [0.4, 0.5) is 38.0 Å². The number of aromatic nitrogens is 4. The molecule has 0 atom stereocenters. The third kappa shape index (κ3) is 10.2. The van der Waals surface area contributed by atoms with Gasteiger partial charge in [0, 0.05) is 47.8 Å². The van der Waals surface area contributed by atoms with Crippen molar-refractivity contribution in [3.63, 3.8) is 0 Å². The van der Waals surface area contributed by atoms with Gasteiger partial charge in [-0.05, 0) is 19.1 Å². The number of aliphatic carboxylic acids is 1. The van der Waals surface area contributed by atoms with E-state index in [-0.39, 0.29) is 37.2 Å². The van der Waals surface area contributed by atoms with Gasteiger partial charge in [0.1, 0.15) is 0 Å². The molecule has 4 rings (SSSR count). The highest BCUT2D eigenvalue weighted by Crippen LogP contribution is 2.30. The van der Waals surface area contributed by atoms with Crippen molar-refractivity contribution in [3.05, 3.63) is 116 Å². The number of ether oxygens (including phenoxy) is 1. The van der Waals surface area contributed by atoms with Crippen LogP contribution in [0.3, 0.4) is 0 Å². The number of alkyl halides is 4. The van der Waals surface area contributed by atoms with E-state index in [2.05, 4.69) is 20.6 Å². The van der Waals surface area contributed by atoms with Gasteiger partial charge < -0.3 is 30.9 Å². The molecule has 0 radical (unpaired) electrons. The van der Waals surface area contributed by atoms with Crippen LogP contribution in [0.15, 0.2) is 61.2 Å². The Morgan fingerprint density at radius 1 is 0.820 bits per heavy atom. The summed E-state index contributed by atoms with van der Waals surface area (Å²) >= 11 is 11.5. The molecule has 268 valence electrons. The Hall–Kier alpha value is -5.10. The first-order valence-electron chi connectivity index (χ1n) is 14.1. The first-order valence-corrected chi connectivity index (χ1v) is 14.9. The van der Waals surface area contributed by atoms with Gasteiger partial charge in [0.25, 0.3) is 11.4 Å². The SMILES string of the molecule is CCOC(=O)Cc1c(Cl)cnc(NCC(F)(F)c2cccc[n+]2[O-])c1F.O=C(O)Cc1c(Cl)cnc(NCC(F)(F)c2cccc[n+]2[O-])c1F. The lowest BCUT2D eigenvalue weighted by atomic mass is 10.1. The normalized spacial score (nSPS) is 11.3. The Morgan fingerprint density at radius 3 is 1.62 bits per heavy atom. The number of anilines is 2. The van der Waals surface area contributed by atoms with Crippen molar-refractivity contribution in [1.82, 2.24) is 9.97 Å². The van der Waals surface area contributed by atoms with Crippen LogP contribution >= 0.6 is 23.2 Å². The molecule has 0 bridgehead atoms. The summed E-state index contributed by atoms with van der Waals surface area (Å²) in [7, 11) is 0. The van der Waals surface area contributed by atoms with Crippen molar-refractivity contribution in [2.24, 2.45) is 0 Å². The molecule has 4 heterocycles. The van der Waals surface area contributed by atoms with Gasteiger partial charge in [-0.2, -0.15) is 27.0 Å². The largest absolute Gasteiger partial charge is 0.618 e. The van der Waals surface area contributed by atoms with Gasteiger partial charge in [-0.1, -0.05) is 23.2 Å². The Balaban J connectivity index is 0.000000271. The van der Waals surface area contributed by atoms with E-state index in [0.29, 0.717) is 0 Å². The number of pyridine rings is 4. The van der Waals surface area contributed by atoms with Crippen molar-refractivity contribution in [3.8, 4) is 0 Å². The fraction of sp³-hybridized carbons (Fsp3) is 0.267. The monoisotopic (exact) mass is 750 g/mol. The van der Waals surface area contributed by atoms with Crippen molar-refractivity contribution < 1.29 is 55.2 Å². The van der Waals surface area contributed by atoms with Crippen LogP contribution in [0, 0.1) is 22.0 Å². The van der Waals surface area contributed by atoms with E-state index in [1.165, 1.54) is 24.3 Å². The summed E-state index contributed by atoms with van der Waals surface area (Å²) in [6.45, 7) is -0.503. The number of hydrogen-bond donors (Lipinski definition) is 3. The summed E-state index contributed by atoms with van der Waals surface area (Å²) in [4.78, 5) is 29.4. The van der Waals surface area contributed by atoms with Crippen LogP contribution in [0.5, 0.6) is 0 Å². The third-order valence-corrected chi connectivity index (χ3v) is 7.10. The summed E-state index contributed by atoms with van der Waals surface area (Å²) < 4.78 is 89.9. The molecule has 0 aliphatic carbocycles. The number of halogens is 8. The number of nitrogens with zero attached hydrogens (tertiary/aromatic N) is 4. The number of carbonyl (C=O) groups excluding carboxylic acids is 1. The predicted molar refractivity (Wildman–Crippen MR) is 166 cm³/mol. The Morgan fingerprint density at radius 2 is 1.24 bits per heavy atom. The number of hydrogen-bond acceptors (Lipinski definition) is 9.